The Kier molecular flexibility index (Phi) is 5.92. The SMILES string of the molecule is CN(C)C(=O)c1cc(NCC2CCCCCC2)ccc1Cl. The standard InChI is InChI=1S/C17H25ClN2O/c1-20(2)17(21)15-11-14(9-10-16(15)18)19-12-13-7-5-3-4-6-8-13/h9-11,13,19H,3-8,12H2,1-2H3. The summed E-state index contributed by atoms with van der Waals surface area (Å²) in [5.74, 6) is 0.689. The highest BCUT2D eigenvalue weighted by molar-refractivity contribution is 6.34. The van der Waals surface area contributed by atoms with E-state index >= 15 is 0 Å². The van der Waals surface area contributed by atoms with Gasteiger partial charge in [-0.25, -0.2) is 0 Å². The molecule has 1 N–H and O–H groups in total. The molecule has 1 aromatic carbocycles. The predicted molar refractivity (Wildman–Crippen MR) is 89.2 cm³/mol. The number of carbonyl (C=O) groups excluding carboxylic acids is 1. The summed E-state index contributed by atoms with van der Waals surface area (Å²) in [4.78, 5) is 13.6. The second-order valence-corrected chi connectivity index (χ2v) is 6.54. The summed E-state index contributed by atoms with van der Waals surface area (Å²) in [7, 11) is 3.48. The number of nitrogens with zero attached hydrogens (tertiary/aromatic N) is 1. The molecule has 116 valence electrons. The van der Waals surface area contributed by atoms with Crippen LogP contribution in [0, 0.1) is 5.92 Å². The molecule has 0 aromatic heterocycles. The molecular weight excluding hydrogens is 284 g/mol. The Morgan fingerprint density at radius 3 is 2.52 bits per heavy atom. The number of hydrogen-bond donors (Lipinski definition) is 1. The van der Waals surface area contributed by atoms with Crippen LogP contribution < -0.4 is 5.32 Å². The highest BCUT2D eigenvalue weighted by Crippen LogP contribution is 2.25. The van der Waals surface area contributed by atoms with Crippen LogP contribution in [0.5, 0.6) is 0 Å². The van der Waals surface area contributed by atoms with E-state index in [9.17, 15) is 4.79 Å². The average Bonchev–Trinajstić information content (AvgIpc) is 2.74. The van der Waals surface area contributed by atoms with Crippen molar-refractivity contribution in [2.24, 2.45) is 5.92 Å². The molecule has 0 bridgehead atoms. The average molecular weight is 309 g/mol. The zero-order valence-corrected chi connectivity index (χ0v) is 13.7. The van der Waals surface area contributed by atoms with Gasteiger partial charge in [-0.05, 0) is 37.0 Å². The Morgan fingerprint density at radius 2 is 1.90 bits per heavy atom. The van der Waals surface area contributed by atoms with Crippen molar-refractivity contribution < 1.29 is 4.79 Å². The Hall–Kier alpha value is -1.22. The fraction of sp³-hybridized carbons (Fsp3) is 0.588. The van der Waals surface area contributed by atoms with Gasteiger partial charge in [-0.15, -0.1) is 0 Å². The molecule has 0 radical (unpaired) electrons. The molecule has 0 heterocycles. The number of nitrogens with one attached hydrogen (secondary N) is 1. The molecule has 21 heavy (non-hydrogen) atoms. The minimum atomic E-state index is -0.0573. The number of amides is 1. The maximum Gasteiger partial charge on any atom is 0.254 e. The zero-order chi connectivity index (χ0) is 15.2. The quantitative estimate of drug-likeness (QED) is 0.835. The van der Waals surface area contributed by atoms with Crippen molar-refractivity contribution in [3.8, 4) is 0 Å². The maximum absolute atomic E-state index is 12.1. The predicted octanol–water partition coefficient (Wildman–Crippen LogP) is 4.42. The summed E-state index contributed by atoms with van der Waals surface area (Å²) in [5.41, 5.74) is 1.54. The molecule has 4 heteroatoms. The summed E-state index contributed by atoms with van der Waals surface area (Å²) in [5, 5.41) is 3.98. The third-order valence-electron chi connectivity index (χ3n) is 4.17. The third kappa shape index (κ3) is 4.63. The fourth-order valence-electron chi connectivity index (χ4n) is 2.87. The monoisotopic (exact) mass is 308 g/mol. The molecule has 0 unspecified atom stereocenters. The maximum atomic E-state index is 12.1. The minimum Gasteiger partial charge on any atom is -0.385 e. The lowest BCUT2D eigenvalue weighted by Crippen LogP contribution is -2.22. The van der Waals surface area contributed by atoms with E-state index in [0.717, 1.165) is 18.2 Å². The number of halogens is 1. The summed E-state index contributed by atoms with van der Waals surface area (Å²) in [6.07, 6.45) is 8.06. The van der Waals surface area contributed by atoms with Gasteiger partial charge in [0.15, 0.2) is 0 Å². The molecule has 0 spiro atoms. The van der Waals surface area contributed by atoms with Gasteiger partial charge in [-0.2, -0.15) is 0 Å². The van der Waals surface area contributed by atoms with E-state index in [-0.39, 0.29) is 5.91 Å². The second-order valence-electron chi connectivity index (χ2n) is 6.13. The summed E-state index contributed by atoms with van der Waals surface area (Å²) in [6, 6.07) is 5.61. The van der Waals surface area contributed by atoms with Crippen LogP contribution in [0.2, 0.25) is 5.02 Å². The lowest BCUT2D eigenvalue weighted by Gasteiger charge is -2.17. The highest BCUT2D eigenvalue weighted by atomic mass is 35.5. The van der Waals surface area contributed by atoms with Gasteiger partial charge in [0.05, 0.1) is 10.6 Å². The third-order valence-corrected chi connectivity index (χ3v) is 4.50. The molecule has 0 atom stereocenters. The number of benzene rings is 1. The van der Waals surface area contributed by atoms with Crippen LogP contribution in [0.3, 0.4) is 0 Å². The first kappa shape index (κ1) is 16.2. The number of carbonyl (C=O) groups is 1. The van der Waals surface area contributed by atoms with Gasteiger partial charge in [0.25, 0.3) is 5.91 Å². The highest BCUT2D eigenvalue weighted by Gasteiger charge is 2.15. The summed E-state index contributed by atoms with van der Waals surface area (Å²) in [6.45, 7) is 0.983. The molecule has 1 saturated carbocycles. The van der Waals surface area contributed by atoms with Gasteiger partial charge < -0.3 is 10.2 Å². The second kappa shape index (κ2) is 7.69. The number of rotatable bonds is 4. The Balaban J connectivity index is 2.00. The van der Waals surface area contributed by atoms with Crippen LogP contribution >= 0.6 is 11.6 Å². The van der Waals surface area contributed by atoms with Crippen LogP contribution in [0.4, 0.5) is 5.69 Å². The molecule has 0 saturated heterocycles. The molecule has 1 fully saturated rings. The summed E-state index contributed by atoms with van der Waals surface area (Å²) >= 11 is 6.13. The zero-order valence-electron chi connectivity index (χ0n) is 13.0. The normalized spacial score (nSPS) is 16.3. The fourth-order valence-corrected chi connectivity index (χ4v) is 3.07. The van der Waals surface area contributed by atoms with Crippen LogP contribution in [-0.4, -0.2) is 31.4 Å². The number of hydrogen-bond acceptors (Lipinski definition) is 2. The van der Waals surface area contributed by atoms with Crippen molar-refractivity contribution in [2.75, 3.05) is 26.0 Å². The minimum absolute atomic E-state index is 0.0573. The summed E-state index contributed by atoms with van der Waals surface area (Å²) < 4.78 is 0. The van der Waals surface area contributed by atoms with Gasteiger partial charge in [0, 0.05) is 26.3 Å². The van der Waals surface area contributed by atoms with Crippen molar-refractivity contribution in [1.82, 2.24) is 4.90 Å². The van der Waals surface area contributed by atoms with Gasteiger partial charge in [-0.1, -0.05) is 37.3 Å². The number of anilines is 1. The van der Waals surface area contributed by atoms with Crippen LogP contribution in [0.15, 0.2) is 18.2 Å². The largest absolute Gasteiger partial charge is 0.385 e. The van der Waals surface area contributed by atoms with Crippen molar-refractivity contribution >= 4 is 23.2 Å². The van der Waals surface area contributed by atoms with Gasteiger partial charge in [0.2, 0.25) is 0 Å². The van der Waals surface area contributed by atoms with E-state index in [4.69, 9.17) is 11.6 Å². The van der Waals surface area contributed by atoms with Crippen LogP contribution in [0.1, 0.15) is 48.9 Å². The van der Waals surface area contributed by atoms with E-state index < -0.39 is 0 Å². The first-order valence-electron chi connectivity index (χ1n) is 7.83. The van der Waals surface area contributed by atoms with E-state index in [0.29, 0.717) is 10.6 Å². The molecule has 1 amide bonds. The lowest BCUT2D eigenvalue weighted by molar-refractivity contribution is 0.0828. The van der Waals surface area contributed by atoms with E-state index in [1.54, 1.807) is 25.1 Å². The molecule has 1 aliphatic carbocycles. The van der Waals surface area contributed by atoms with Crippen LogP contribution in [-0.2, 0) is 0 Å². The molecule has 1 aromatic rings. The molecule has 0 aliphatic heterocycles. The van der Waals surface area contributed by atoms with Gasteiger partial charge in [-0.3, -0.25) is 4.79 Å². The van der Waals surface area contributed by atoms with Crippen molar-refractivity contribution in [2.45, 2.75) is 38.5 Å². The van der Waals surface area contributed by atoms with E-state index in [1.807, 2.05) is 12.1 Å². The smallest absolute Gasteiger partial charge is 0.254 e. The Morgan fingerprint density at radius 1 is 1.24 bits per heavy atom. The topological polar surface area (TPSA) is 32.3 Å². The van der Waals surface area contributed by atoms with Crippen molar-refractivity contribution in [1.29, 1.82) is 0 Å². The van der Waals surface area contributed by atoms with E-state index in [1.165, 1.54) is 38.5 Å². The Labute approximate surface area is 132 Å². The Bertz CT molecular complexity index is 480. The lowest BCUT2D eigenvalue weighted by atomic mass is 10.0. The molecule has 3 nitrogen and oxygen atoms in total. The van der Waals surface area contributed by atoms with Crippen molar-refractivity contribution in [3.05, 3.63) is 28.8 Å². The van der Waals surface area contributed by atoms with E-state index in [2.05, 4.69) is 5.32 Å². The first-order valence-corrected chi connectivity index (χ1v) is 8.21. The van der Waals surface area contributed by atoms with Gasteiger partial charge in [0.1, 0.15) is 0 Å². The molecule has 1 aliphatic rings. The first-order chi connectivity index (χ1) is 10.1. The van der Waals surface area contributed by atoms with Crippen molar-refractivity contribution in [3.63, 3.8) is 0 Å². The molecular formula is C17H25ClN2O. The van der Waals surface area contributed by atoms with Crippen LogP contribution in [0.25, 0.3) is 0 Å². The molecule has 2 rings (SSSR count). The van der Waals surface area contributed by atoms with Gasteiger partial charge >= 0.3 is 0 Å².